The summed E-state index contributed by atoms with van der Waals surface area (Å²) < 4.78 is 23.0. The van der Waals surface area contributed by atoms with Crippen molar-refractivity contribution < 1.29 is 68.1 Å². The van der Waals surface area contributed by atoms with E-state index in [0.717, 1.165) is 9.80 Å². The molecule has 1 aliphatic rings. The molecule has 0 fully saturated rings. The van der Waals surface area contributed by atoms with Crippen molar-refractivity contribution in [1.82, 2.24) is 0 Å². The standard InChI is InChI=1S/C28H27N3O14/c1-14(42-18-5-3-2-4-16(18)30(10-23(32)33)11-24(34)35)43-20-6-15-7-21(27-29-9-22(45-27)28(40)41)44-19(15)8-17(20)31(12-25(36)37)13-26(38)39/h2-8,14,22H,9-13H2,1H3,(H,32,33)(H,34,35)(H,36,37)(H,38,39)(H,40,41). The molecule has 1 aromatic heterocycles. The Morgan fingerprint density at radius 3 is 1.93 bits per heavy atom. The highest BCUT2D eigenvalue weighted by molar-refractivity contribution is 5.99. The number of para-hydroxylation sites is 2. The molecule has 4 rings (SSSR count). The fraction of sp³-hybridized carbons (Fsp3) is 0.286. The van der Waals surface area contributed by atoms with Crippen molar-refractivity contribution in [2.45, 2.75) is 19.3 Å². The second kappa shape index (κ2) is 13.5. The third kappa shape index (κ3) is 8.09. The number of rotatable bonds is 16. The van der Waals surface area contributed by atoms with Gasteiger partial charge >= 0.3 is 29.8 Å². The average molecular weight is 630 g/mol. The second-order valence-corrected chi connectivity index (χ2v) is 9.62. The Balaban J connectivity index is 1.70. The first kappa shape index (κ1) is 31.9. The first-order chi connectivity index (χ1) is 21.3. The second-order valence-electron chi connectivity index (χ2n) is 9.62. The van der Waals surface area contributed by atoms with Crippen LogP contribution < -0.4 is 19.3 Å². The molecule has 2 aromatic carbocycles. The maximum atomic E-state index is 11.6. The molecule has 45 heavy (non-hydrogen) atoms. The van der Waals surface area contributed by atoms with Crippen molar-refractivity contribution in [1.29, 1.82) is 0 Å². The highest BCUT2D eigenvalue weighted by Gasteiger charge is 2.30. The summed E-state index contributed by atoms with van der Waals surface area (Å²) in [4.78, 5) is 63.4. The molecule has 0 saturated carbocycles. The minimum absolute atomic E-state index is 0.00647. The molecule has 0 aliphatic carbocycles. The quantitative estimate of drug-likeness (QED) is 0.141. The number of benzene rings is 2. The van der Waals surface area contributed by atoms with Crippen LogP contribution in [0.15, 0.2) is 51.9 Å². The zero-order valence-corrected chi connectivity index (χ0v) is 23.5. The number of fused-ring (bicyclic) bond motifs is 1. The summed E-state index contributed by atoms with van der Waals surface area (Å²) in [6.07, 6.45) is -2.38. The van der Waals surface area contributed by atoms with Crippen LogP contribution in [0.3, 0.4) is 0 Å². The fourth-order valence-electron chi connectivity index (χ4n) is 4.45. The molecule has 238 valence electrons. The highest BCUT2D eigenvalue weighted by Crippen LogP contribution is 2.37. The van der Waals surface area contributed by atoms with Crippen LogP contribution in [0, 0.1) is 0 Å². The molecule has 3 aromatic rings. The number of carboxylic acid groups (broad SMARTS) is 5. The van der Waals surface area contributed by atoms with Crippen molar-refractivity contribution >= 4 is 58.1 Å². The first-order valence-corrected chi connectivity index (χ1v) is 13.1. The fourth-order valence-corrected chi connectivity index (χ4v) is 4.45. The van der Waals surface area contributed by atoms with Crippen LogP contribution >= 0.6 is 0 Å². The number of nitrogens with zero attached hydrogens (tertiary/aromatic N) is 3. The van der Waals surface area contributed by atoms with E-state index in [0.29, 0.717) is 5.39 Å². The van der Waals surface area contributed by atoms with Gasteiger partial charge in [0.15, 0.2) is 5.76 Å². The van der Waals surface area contributed by atoms with Crippen molar-refractivity contribution in [2.75, 3.05) is 42.5 Å². The molecule has 2 unspecified atom stereocenters. The van der Waals surface area contributed by atoms with Gasteiger partial charge in [-0.2, -0.15) is 0 Å². The Morgan fingerprint density at radius 1 is 0.822 bits per heavy atom. The number of carbonyl (C=O) groups is 5. The van der Waals surface area contributed by atoms with Gasteiger partial charge in [0, 0.05) is 18.4 Å². The molecule has 0 saturated heterocycles. The SMILES string of the molecule is CC(Oc1ccccc1N(CC(=O)O)CC(=O)O)Oc1cc2cc(C3=NCC(C(=O)O)O3)oc2cc1N(CC(=O)O)CC(=O)O. The number of hydrogen-bond donors (Lipinski definition) is 5. The number of anilines is 2. The number of aliphatic carboxylic acids is 5. The molecule has 5 N–H and O–H groups in total. The minimum atomic E-state index is -1.34. The van der Waals surface area contributed by atoms with E-state index in [9.17, 15) is 49.5 Å². The van der Waals surface area contributed by atoms with Crippen molar-refractivity contribution in [2.24, 2.45) is 4.99 Å². The predicted octanol–water partition coefficient (Wildman–Crippen LogP) is 1.42. The maximum Gasteiger partial charge on any atom is 0.346 e. The number of hydrogen-bond acceptors (Lipinski definition) is 12. The van der Waals surface area contributed by atoms with Crippen LogP contribution in [-0.2, 0) is 28.7 Å². The van der Waals surface area contributed by atoms with Crippen LogP contribution in [-0.4, -0.2) is 106 Å². The molecule has 0 bridgehead atoms. The zero-order chi connectivity index (χ0) is 32.8. The van der Waals surface area contributed by atoms with Crippen LogP contribution in [0.1, 0.15) is 12.7 Å². The van der Waals surface area contributed by atoms with Gasteiger partial charge in [0.25, 0.3) is 5.90 Å². The molecule has 1 aliphatic heterocycles. The Morgan fingerprint density at radius 2 is 1.38 bits per heavy atom. The smallest absolute Gasteiger partial charge is 0.346 e. The Bertz CT molecular complexity index is 1630. The molecular formula is C28H27N3O14. The predicted molar refractivity (Wildman–Crippen MR) is 152 cm³/mol. The van der Waals surface area contributed by atoms with E-state index in [-0.39, 0.29) is 46.7 Å². The van der Waals surface area contributed by atoms with Crippen LogP contribution in [0.4, 0.5) is 11.4 Å². The Kier molecular flexibility index (Phi) is 9.60. The maximum absolute atomic E-state index is 11.6. The minimum Gasteiger partial charge on any atom is -0.480 e. The monoisotopic (exact) mass is 629 g/mol. The van der Waals surface area contributed by atoms with E-state index in [2.05, 4.69) is 4.99 Å². The van der Waals surface area contributed by atoms with Gasteiger partial charge in [-0.25, -0.2) is 9.79 Å². The largest absolute Gasteiger partial charge is 0.480 e. The third-order valence-electron chi connectivity index (χ3n) is 6.18. The lowest BCUT2D eigenvalue weighted by Gasteiger charge is -2.27. The van der Waals surface area contributed by atoms with Crippen molar-refractivity contribution in [3.63, 3.8) is 0 Å². The van der Waals surface area contributed by atoms with E-state index in [1.807, 2.05) is 0 Å². The van der Waals surface area contributed by atoms with Gasteiger partial charge < -0.3 is 54.0 Å². The van der Waals surface area contributed by atoms with Crippen molar-refractivity contribution in [3.8, 4) is 11.5 Å². The van der Waals surface area contributed by atoms with E-state index in [1.54, 1.807) is 12.1 Å². The van der Waals surface area contributed by atoms with E-state index in [1.165, 1.54) is 37.3 Å². The molecule has 2 atom stereocenters. The molecular weight excluding hydrogens is 602 g/mol. The highest BCUT2D eigenvalue weighted by atomic mass is 16.7. The summed E-state index contributed by atoms with van der Waals surface area (Å²) in [7, 11) is 0. The molecule has 0 amide bonds. The molecule has 0 spiro atoms. The lowest BCUT2D eigenvalue weighted by Crippen LogP contribution is -2.35. The van der Waals surface area contributed by atoms with E-state index >= 15 is 0 Å². The molecule has 17 nitrogen and oxygen atoms in total. The third-order valence-corrected chi connectivity index (χ3v) is 6.18. The van der Waals surface area contributed by atoms with Gasteiger partial charge in [-0.3, -0.25) is 19.2 Å². The number of aliphatic imine (C=N–C) groups is 1. The molecule has 17 heteroatoms. The summed E-state index contributed by atoms with van der Waals surface area (Å²) in [6.45, 7) is -1.46. The summed E-state index contributed by atoms with van der Waals surface area (Å²) >= 11 is 0. The topological polar surface area (TPSA) is 246 Å². The van der Waals surface area contributed by atoms with Crippen molar-refractivity contribution in [3.05, 3.63) is 48.2 Å². The lowest BCUT2D eigenvalue weighted by molar-refractivity contribution is -0.144. The van der Waals surface area contributed by atoms with Gasteiger partial charge in [-0.15, -0.1) is 0 Å². The van der Waals surface area contributed by atoms with Gasteiger partial charge in [0.2, 0.25) is 12.4 Å². The average Bonchev–Trinajstić information content (AvgIpc) is 3.58. The van der Waals surface area contributed by atoms with E-state index < -0.39 is 68.4 Å². The van der Waals surface area contributed by atoms with Crippen LogP contribution in [0.2, 0.25) is 0 Å². The van der Waals surface area contributed by atoms with Gasteiger partial charge in [-0.05, 0) is 24.3 Å². The Hall–Kier alpha value is -6.00. The number of furan rings is 1. The summed E-state index contributed by atoms with van der Waals surface area (Å²) in [5.41, 5.74) is 0.284. The molecule has 2 heterocycles. The molecule has 0 radical (unpaired) electrons. The Labute approximate surface area is 253 Å². The normalized spacial score (nSPS) is 14.6. The van der Waals surface area contributed by atoms with Gasteiger partial charge in [0.05, 0.1) is 17.9 Å². The first-order valence-electron chi connectivity index (χ1n) is 13.1. The number of carboxylic acids is 5. The van der Waals surface area contributed by atoms with Crippen LogP contribution in [0.5, 0.6) is 11.5 Å². The summed E-state index contributed by atoms with van der Waals surface area (Å²) in [5.74, 6) is -6.44. The van der Waals surface area contributed by atoms with E-state index in [4.69, 9.17) is 18.6 Å². The summed E-state index contributed by atoms with van der Waals surface area (Å²) in [5, 5.41) is 47.1. The van der Waals surface area contributed by atoms with Gasteiger partial charge in [-0.1, -0.05) is 12.1 Å². The lowest BCUT2D eigenvalue weighted by atomic mass is 10.2. The number of ether oxygens (including phenoxy) is 3. The van der Waals surface area contributed by atoms with Gasteiger partial charge in [0.1, 0.15) is 43.3 Å². The van der Waals surface area contributed by atoms with Crippen LogP contribution in [0.25, 0.3) is 11.0 Å². The zero-order valence-electron chi connectivity index (χ0n) is 23.5. The summed E-state index contributed by atoms with van der Waals surface area (Å²) in [6, 6.07) is 10.3.